The van der Waals surface area contributed by atoms with E-state index in [-0.39, 0.29) is 23.8 Å². The van der Waals surface area contributed by atoms with Crippen LogP contribution in [-0.2, 0) is 20.7 Å². The molecule has 0 saturated heterocycles. The first-order valence-corrected chi connectivity index (χ1v) is 10.0. The van der Waals surface area contributed by atoms with Gasteiger partial charge in [-0.1, -0.05) is 30.3 Å². The van der Waals surface area contributed by atoms with E-state index in [2.05, 4.69) is 0 Å². The van der Waals surface area contributed by atoms with Gasteiger partial charge in [0.2, 0.25) is 5.91 Å². The molecule has 0 spiro atoms. The first kappa shape index (κ1) is 20.2. The summed E-state index contributed by atoms with van der Waals surface area (Å²) in [5.74, 6) is 0.797. The summed E-state index contributed by atoms with van der Waals surface area (Å²) in [6, 6.07) is 11.2. The van der Waals surface area contributed by atoms with Crippen LogP contribution in [0.5, 0.6) is 0 Å². The first-order chi connectivity index (χ1) is 13.4. The molecule has 0 bridgehead atoms. The molecule has 1 fully saturated rings. The lowest BCUT2D eigenvalue weighted by atomic mass is 9.97. The Kier molecular flexibility index (Phi) is 6.22. The monoisotopic (exact) mass is 383 g/mol. The molecule has 1 aliphatic rings. The first-order valence-electron chi connectivity index (χ1n) is 10.0. The van der Waals surface area contributed by atoms with Crippen LogP contribution in [0.25, 0.3) is 0 Å². The van der Waals surface area contributed by atoms with Crippen molar-refractivity contribution < 1.29 is 18.7 Å². The summed E-state index contributed by atoms with van der Waals surface area (Å²) in [7, 11) is 0. The van der Waals surface area contributed by atoms with E-state index in [1.54, 1.807) is 11.8 Å². The number of ether oxygens (including phenoxy) is 1. The lowest BCUT2D eigenvalue weighted by Gasteiger charge is -2.32. The zero-order chi connectivity index (χ0) is 20.3. The number of amides is 1. The van der Waals surface area contributed by atoms with Gasteiger partial charge in [-0.3, -0.25) is 4.79 Å². The van der Waals surface area contributed by atoms with Crippen molar-refractivity contribution in [2.75, 3.05) is 6.61 Å². The molecule has 0 aliphatic heterocycles. The highest BCUT2D eigenvalue weighted by Gasteiger charge is 2.43. The number of esters is 1. The molecule has 5 nitrogen and oxygen atoms in total. The fourth-order valence-corrected chi connectivity index (χ4v) is 3.75. The van der Waals surface area contributed by atoms with E-state index in [4.69, 9.17) is 9.15 Å². The SMILES string of the molecule is CCOC(=O)C(Cc1ccccc1)N(C(=O)C(C)c1cc(C)oc1C)C1CC1. The van der Waals surface area contributed by atoms with Crippen LogP contribution in [0.3, 0.4) is 0 Å². The molecule has 0 radical (unpaired) electrons. The van der Waals surface area contributed by atoms with Crippen LogP contribution in [0, 0.1) is 13.8 Å². The molecule has 5 heteroatoms. The third-order valence-corrected chi connectivity index (χ3v) is 5.28. The van der Waals surface area contributed by atoms with Gasteiger partial charge in [0, 0.05) is 18.0 Å². The van der Waals surface area contributed by atoms with Crippen LogP contribution in [0.1, 0.15) is 55.3 Å². The van der Waals surface area contributed by atoms with Crippen molar-refractivity contribution in [1.29, 1.82) is 0 Å². The van der Waals surface area contributed by atoms with E-state index in [0.717, 1.165) is 35.5 Å². The summed E-state index contributed by atoms with van der Waals surface area (Å²) in [6.07, 6.45) is 2.30. The van der Waals surface area contributed by atoms with Gasteiger partial charge in [0.25, 0.3) is 0 Å². The van der Waals surface area contributed by atoms with Gasteiger partial charge < -0.3 is 14.1 Å². The maximum atomic E-state index is 13.5. The highest BCUT2D eigenvalue weighted by molar-refractivity contribution is 5.89. The van der Waals surface area contributed by atoms with E-state index >= 15 is 0 Å². The van der Waals surface area contributed by atoms with Crippen molar-refractivity contribution in [3.8, 4) is 0 Å². The Bertz CT molecular complexity index is 822. The molecule has 0 N–H and O–H groups in total. The maximum absolute atomic E-state index is 13.5. The minimum atomic E-state index is -0.613. The molecule has 3 rings (SSSR count). The molecule has 2 aromatic rings. The van der Waals surface area contributed by atoms with E-state index in [1.807, 2.05) is 57.2 Å². The third-order valence-electron chi connectivity index (χ3n) is 5.28. The smallest absolute Gasteiger partial charge is 0.329 e. The number of hydrogen-bond acceptors (Lipinski definition) is 4. The highest BCUT2D eigenvalue weighted by atomic mass is 16.5. The predicted molar refractivity (Wildman–Crippen MR) is 107 cm³/mol. The molecule has 1 aliphatic carbocycles. The number of furan rings is 1. The maximum Gasteiger partial charge on any atom is 0.329 e. The molecule has 2 unspecified atom stereocenters. The van der Waals surface area contributed by atoms with Gasteiger partial charge in [0.05, 0.1) is 12.5 Å². The topological polar surface area (TPSA) is 59.8 Å². The normalized spacial score (nSPS) is 15.7. The van der Waals surface area contributed by atoms with E-state index in [0.29, 0.717) is 13.0 Å². The quantitative estimate of drug-likeness (QED) is 0.642. The second kappa shape index (κ2) is 8.63. The van der Waals surface area contributed by atoms with Crippen LogP contribution < -0.4 is 0 Å². The summed E-state index contributed by atoms with van der Waals surface area (Å²) in [4.78, 5) is 28.1. The minimum Gasteiger partial charge on any atom is -0.466 e. The second-order valence-electron chi connectivity index (χ2n) is 7.52. The molecule has 1 saturated carbocycles. The van der Waals surface area contributed by atoms with Gasteiger partial charge in [0.15, 0.2) is 0 Å². The summed E-state index contributed by atoms with van der Waals surface area (Å²) in [6.45, 7) is 7.73. The molecular formula is C23H29NO4. The van der Waals surface area contributed by atoms with E-state index < -0.39 is 6.04 Å². The van der Waals surface area contributed by atoms with Gasteiger partial charge in [0.1, 0.15) is 17.6 Å². The van der Waals surface area contributed by atoms with Crippen molar-refractivity contribution in [2.45, 2.75) is 65.0 Å². The van der Waals surface area contributed by atoms with Crippen molar-refractivity contribution in [3.63, 3.8) is 0 Å². The molecule has 150 valence electrons. The molecular weight excluding hydrogens is 354 g/mol. The van der Waals surface area contributed by atoms with Gasteiger partial charge in [-0.15, -0.1) is 0 Å². The lowest BCUT2D eigenvalue weighted by molar-refractivity contribution is -0.155. The van der Waals surface area contributed by atoms with E-state index in [1.165, 1.54) is 0 Å². The van der Waals surface area contributed by atoms with Crippen LogP contribution in [-0.4, -0.2) is 35.5 Å². The van der Waals surface area contributed by atoms with Crippen molar-refractivity contribution in [2.24, 2.45) is 0 Å². The van der Waals surface area contributed by atoms with Crippen molar-refractivity contribution in [1.82, 2.24) is 4.90 Å². The number of nitrogens with zero attached hydrogens (tertiary/aromatic N) is 1. The van der Waals surface area contributed by atoms with Gasteiger partial charge in [-0.25, -0.2) is 4.79 Å². The number of aryl methyl sites for hydroxylation is 2. The van der Waals surface area contributed by atoms with Crippen LogP contribution >= 0.6 is 0 Å². The highest BCUT2D eigenvalue weighted by Crippen LogP contribution is 2.34. The Balaban J connectivity index is 1.90. The number of carbonyl (C=O) groups excluding carboxylic acids is 2. The van der Waals surface area contributed by atoms with Crippen molar-refractivity contribution >= 4 is 11.9 Å². The predicted octanol–water partition coefficient (Wildman–Crippen LogP) is 4.17. The molecule has 1 aromatic heterocycles. The molecule has 1 aromatic carbocycles. The zero-order valence-electron chi connectivity index (χ0n) is 17.1. The number of rotatable bonds is 8. The molecule has 28 heavy (non-hydrogen) atoms. The summed E-state index contributed by atoms with van der Waals surface area (Å²) in [5.41, 5.74) is 1.90. The summed E-state index contributed by atoms with van der Waals surface area (Å²) < 4.78 is 11.0. The Labute approximate surface area is 166 Å². The average Bonchev–Trinajstić information content (AvgIpc) is 3.45. The average molecular weight is 383 g/mol. The minimum absolute atomic E-state index is 0.0413. The molecule has 2 atom stereocenters. The Hall–Kier alpha value is -2.56. The molecule has 1 amide bonds. The molecule has 1 heterocycles. The Morgan fingerprint density at radius 1 is 1.21 bits per heavy atom. The second-order valence-corrected chi connectivity index (χ2v) is 7.52. The Morgan fingerprint density at radius 3 is 2.43 bits per heavy atom. The standard InChI is InChI=1S/C23H29NO4/c1-5-27-23(26)21(14-18-9-7-6-8-10-18)24(19-11-12-19)22(25)16(3)20-13-15(2)28-17(20)4/h6-10,13,16,19,21H,5,11-12,14H2,1-4H3. The largest absolute Gasteiger partial charge is 0.466 e. The van der Waals surface area contributed by atoms with Gasteiger partial charge >= 0.3 is 5.97 Å². The van der Waals surface area contributed by atoms with Crippen LogP contribution in [0.2, 0.25) is 0 Å². The number of benzene rings is 1. The van der Waals surface area contributed by atoms with Crippen molar-refractivity contribution in [3.05, 3.63) is 59.0 Å². The summed E-state index contributed by atoms with van der Waals surface area (Å²) >= 11 is 0. The van der Waals surface area contributed by atoms with Crippen LogP contribution in [0.4, 0.5) is 0 Å². The van der Waals surface area contributed by atoms with E-state index in [9.17, 15) is 9.59 Å². The van der Waals surface area contributed by atoms with Crippen LogP contribution in [0.15, 0.2) is 40.8 Å². The van der Waals surface area contributed by atoms with Gasteiger partial charge in [-0.05, 0) is 52.2 Å². The summed E-state index contributed by atoms with van der Waals surface area (Å²) in [5, 5.41) is 0. The lowest BCUT2D eigenvalue weighted by Crippen LogP contribution is -2.49. The fraction of sp³-hybridized carbons (Fsp3) is 0.478. The third kappa shape index (κ3) is 4.46. The Morgan fingerprint density at radius 2 is 1.89 bits per heavy atom. The zero-order valence-corrected chi connectivity index (χ0v) is 17.1. The van der Waals surface area contributed by atoms with Gasteiger partial charge in [-0.2, -0.15) is 0 Å². The fourth-order valence-electron chi connectivity index (χ4n) is 3.75. The number of hydrogen-bond donors (Lipinski definition) is 0. The number of carbonyl (C=O) groups is 2.